The van der Waals surface area contributed by atoms with Crippen molar-refractivity contribution in [2.45, 2.75) is 51.4 Å². The lowest BCUT2D eigenvalue weighted by Crippen LogP contribution is -2.34. The van der Waals surface area contributed by atoms with Crippen molar-refractivity contribution in [2.24, 2.45) is 0 Å². The average Bonchev–Trinajstić information content (AvgIpc) is 3.43. The van der Waals surface area contributed by atoms with Crippen molar-refractivity contribution in [3.8, 4) is 0 Å². The van der Waals surface area contributed by atoms with Crippen LogP contribution in [0.1, 0.15) is 63.0 Å². The second kappa shape index (κ2) is 7.57. The molecule has 3 aromatic rings. The second-order valence-electron chi connectivity index (χ2n) is 8.40. The van der Waals surface area contributed by atoms with Gasteiger partial charge in [0, 0.05) is 44.2 Å². The van der Waals surface area contributed by atoms with Crippen molar-refractivity contribution < 1.29 is 0 Å². The molecule has 2 aliphatic heterocycles. The molecule has 29 heavy (non-hydrogen) atoms. The normalized spacial score (nSPS) is 18.3. The van der Waals surface area contributed by atoms with Crippen LogP contribution in [0.2, 0.25) is 0 Å². The van der Waals surface area contributed by atoms with Gasteiger partial charge in [-0.3, -0.25) is 0 Å². The third-order valence-corrected chi connectivity index (χ3v) is 6.06. The lowest BCUT2D eigenvalue weighted by atomic mass is 9.96. The van der Waals surface area contributed by atoms with Gasteiger partial charge in [0.25, 0.3) is 0 Å². The molecule has 0 amide bonds. The van der Waals surface area contributed by atoms with Gasteiger partial charge in [-0.25, -0.2) is 9.97 Å². The van der Waals surface area contributed by atoms with Gasteiger partial charge < -0.3 is 9.80 Å². The highest BCUT2D eigenvalue weighted by Gasteiger charge is 2.26. The number of fused-ring (bicyclic) bond motifs is 1. The number of nitrogens with zero attached hydrogens (tertiary/aromatic N) is 8. The van der Waals surface area contributed by atoms with Gasteiger partial charge >= 0.3 is 0 Å². The summed E-state index contributed by atoms with van der Waals surface area (Å²) in [5.41, 5.74) is 0.836. The zero-order chi connectivity index (χ0) is 19.8. The molecule has 5 rings (SSSR count). The van der Waals surface area contributed by atoms with E-state index in [1.54, 1.807) is 0 Å². The summed E-state index contributed by atoms with van der Waals surface area (Å²) in [6, 6.07) is 6.13. The molecule has 0 aromatic carbocycles. The lowest BCUT2D eigenvalue weighted by molar-refractivity contribution is 0.474. The predicted molar refractivity (Wildman–Crippen MR) is 113 cm³/mol. The molecular formula is C21H28N8. The van der Waals surface area contributed by atoms with E-state index in [1.165, 1.54) is 12.8 Å². The zero-order valence-electron chi connectivity index (χ0n) is 17.2. The van der Waals surface area contributed by atoms with Crippen molar-refractivity contribution in [1.82, 2.24) is 29.8 Å². The Labute approximate surface area is 171 Å². The lowest BCUT2D eigenvalue weighted by Gasteiger charge is -2.32. The number of piperidine rings is 1. The SMILES string of the molecule is CC(C)c1nccc(N2CCC(c3nnc4ccc(N5CCCC5)nn34)CC2)n1. The van der Waals surface area contributed by atoms with Crippen LogP contribution >= 0.6 is 0 Å². The van der Waals surface area contributed by atoms with Gasteiger partial charge in [-0.15, -0.1) is 15.3 Å². The van der Waals surface area contributed by atoms with Gasteiger partial charge in [-0.1, -0.05) is 13.8 Å². The molecule has 0 N–H and O–H groups in total. The molecule has 0 unspecified atom stereocenters. The first-order valence-electron chi connectivity index (χ1n) is 10.7. The molecular weight excluding hydrogens is 364 g/mol. The molecule has 2 fully saturated rings. The van der Waals surface area contributed by atoms with E-state index in [1.807, 2.05) is 22.8 Å². The largest absolute Gasteiger partial charge is 0.356 e. The summed E-state index contributed by atoms with van der Waals surface area (Å²) in [6.07, 6.45) is 6.41. The molecule has 8 nitrogen and oxygen atoms in total. The van der Waals surface area contributed by atoms with E-state index in [-0.39, 0.29) is 0 Å². The smallest absolute Gasteiger partial charge is 0.178 e. The Morgan fingerprint density at radius 2 is 1.66 bits per heavy atom. The van der Waals surface area contributed by atoms with Crippen molar-refractivity contribution in [3.05, 3.63) is 36.0 Å². The number of rotatable bonds is 4. The number of aromatic nitrogens is 6. The summed E-state index contributed by atoms with van der Waals surface area (Å²) < 4.78 is 1.97. The van der Waals surface area contributed by atoms with Crippen LogP contribution in [-0.2, 0) is 0 Å². The van der Waals surface area contributed by atoms with Crippen LogP contribution in [0.25, 0.3) is 5.65 Å². The minimum Gasteiger partial charge on any atom is -0.356 e. The van der Waals surface area contributed by atoms with Crippen LogP contribution < -0.4 is 9.80 Å². The first kappa shape index (κ1) is 18.3. The van der Waals surface area contributed by atoms with E-state index < -0.39 is 0 Å². The van der Waals surface area contributed by atoms with Crippen LogP contribution in [0, 0.1) is 0 Å². The Hall–Kier alpha value is -2.77. The molecule has 0 aliphatic carbocycles. The van der Waals surface area contributed by atoms with Crippen molar-refractivity contribution in [3.63, 3.8) is 0 Å². The van der Waals surface area contributed by atoms with Gasteiger partial charge in [0.15, 0.2) is 11.5 Å². The highest BCUT2D eigenvalue weighted by atomic mass is 15.4. The average molecular weight is 393 g/mol. The topological polar surface area (TPSA) is 75.3 Å². The quantitative estimate of drug-likeness (QED) is 0.675. The van der Waals surface area contributed by atoms with Crippen LogP contribution in [0.15, 0.2) is 24.4 Å². The summed E-state index contributed by atoms with van der Waals surface area (Å²) in [7, 11) is 0. The maximum atomic E-state index is 4.88. The Kier molecular flexibility index (Phi) is 4.77. The molecule has 2 aliphatic rings. The highest BCUT2D eigenvalue weighted by Crippen LogP contribution is 2.29. The third-order valence-electron chi connectivity index (χ3n) is 6.06. The van der Waals surface area contributed by atoms with E-state index in [4.69, 9.17) is 10.1 Å². The Bertz CT molecular complexity index is 983. The van der Waals surface area contributed by atoms with Crippen molar-refractivity contribution in [2.75, 3.05) is 36.0 Å². The third kappa shape index (κ3) is 3.52. The van der Waals surface area contributed by atoms with Gasteiger partial charge in [0.2, 0.25) is 0 Å². The van der Waals surface area contributed by atoms with Gasteiger partial charge in [-0.2, -0.15) is 4.52 Å². The molecule has 0 bridgehead atoms. The minimum absolute atomic E-state index is 0.339. The van der Waals surface area contributed by atoms with Crippen molar-refractivity contribution >= 4 is 17.3 Å². The van der Waals surface area contributed by atoms with Crippen LogP contribution in [-0.4, -0.2) is 56.0 Å². The molecule has 5 heterocycles. The van der Waals surface area contributed by atoms with Gasteiger partial charge in [0.05, 0.1) is 0 Å². The minimum atomic E-state index is 0.339. The highest BCUT2D eigenvalue weighted by molar-refractivity contribution is 5.46. The van der Waals surface area contributed by atoms with E-state index in [2.05, 4.69) is 44.9 Å². The maximum absolute atomic E-state index is 4.88. The van der Waals surface area contributed by atoms with Crippen LogP contribution in [0.4, 0.5) is 11.6 Å². The standard InChI is InChI=1S/C21H28N8/c1-15(2)20-22-10-7-17(23-20)28-13-8-16(9-14-28)21-25-24-18-5-6-19(26-29(18)21)27-11-3-4-12-27/h5-7,10,15-16H,3-4,8-9,11-14H2,1-2H3. The molecule has 0 radical (unpaired) electrons. The molecule has 0 saturated carbocycles. The molecule has 152 valence electrons. The summed E-state index contributed by atoms with van der Waals surface area (Å²) in [5, 5.41) is 13.8. The molecule has 0 spiro atoms. The summed E-state index contributed by atoms with van der Waals surface area (Å²) in [6.45, 7) is 8.35. The van der Waals surface area contributed by atoms with Crippen molar-refractivity contribution in [1.29, 1.82) is 0 Å². The summed E-state index contributed by atoms with van der Waals surface area (Å²) in [5.74, 6) is 4.68. The fourth-order valence-electron chi connectivity index (χ4n) is 4.35. The molecule has 2 saturated heterocycles. The number of hydrogen-bond acceptors (Lipinski definition) is 7. The van der Waals surface area contributed by atoms with Gasteiger partial charge in [-0.05, 0) is 43.9 Å². The van der Waals surface area contributed by atoms with Crippen LogP contribution in [0.5, 0.6) is 0 Å². The van der Waals surface area contributed by atoms with E-state index in [9.17, 15) is 0 Å². The van der Waals surface area contributed by atoms with E-state index in [0.717, 1.165) is 68.0 Å². The summed E-state index contributed by atoms with van der Waals surface area (Å²) in [4.78, 5) is 13.9. The first-order chi connectivity index (χ1) is 14.2. The fraction of sp³-hybridized carbons (Fsp3) is 0.571. The first-order valence-corrected chi connectivity index (χ1v) is 10.7. The second-order valence-corrected chi connectivity index (χ2v) is 8.40. The monoisotopic (exact) mass is 392 g/mol. The maximum Gasteiger partial charge on any atom is 0.178 e. The fourth-order valence-corrected chi connectivity index (χ4v) is 4.35. The molecule has 0 atom stereocenters. The predicted octanol–water partition coefficient (Wildman–Crippen LogP) is 3.02. The number of anilines is 2. The van der Waals surface area contributed by atoms with E-state index >= 15 is 0 Å². The van der Waals surface area contributed by atoms with E-state index in [0.29, 0.717) is 11.8 Å². The van der Waals surface area contributed by atoms with Gasteiger partial charge in [0.1, 0.15) is 17.5 Å². The molecule has 8 heteroatoms. The zero-order valence-corrected chi connectivity index (χ0v) is 17.2. The molecule has 3 aromatic heterocycles. The Morgan fingerprint density at radius 3 is 2.41 bits per heavy atom. The Balaban J connectivity index is 1.33. The summed E-state index contributed by atoms with van der Waals surface area (Å²) >= 11 is 0. The van der Waals surface area contributed by atoms with Crippen LogP contribution in [0.3, 0.4) is 0 Å². The Morgan fingerprint density at radius 1 is 0.897 bits per heavy atom. The number of hydrogen-bond donors (Lipinski definition) is 0.